The van der Waals surface area contributed by atoms with Crippen LogP contribution in [-0.2, 0) is 4.74 Å². The van der Waals surface area contributed by atoms with Crippen molar-refractivity contribution in [2.75, 3.05) is 13.1 Å². The molecule has 100 valence electrons. The number of hydrogen-bond donors (Lipinski definition) is 1. The monoisotopic (exact) mass is 242 g/mol. The van der Waals surface area contributed by atoms with E-state index in [-0.39, 0.29) is 6.09 Å². The second-order valence-corrected chi connectivity index (χ2v) is 5.76. The van der Waals surface area contributed by atoms with Crippen LogP contribution in [0.25, 0.3) is 0 Å². The topological polar surface area (TPSA) is 41.6 Å². The summed E-state index contributed by atoms with van der Waals surface area (Å²) >= 11 is 0. The van der Waals surface area contributed by atoms with Crippen LogP contribution in [0, 0.1) is 0 Å². The van der Waals surface area contributed by atoms with Crippen molar-refractivity contribution in [2.24, 2.45) is 0 Å². The van der Waals surface area contributed by atoms with Gasteiger partial charge in [0.2, 0.25) is 0 Å². The van der Waals surface area contributed by atoms with E-state index in [4.69, 9.17) is 4.74 Å². The molecular weight excluding hydrogens is 216 g/mol. The van der Waals surface area contributed by atoms with Crippen LogP contribution in [0.4, 0.5) is 4.79 Å². The maximum absolute atomic E-state index is 12.0. The number of piperazine rings is 1. The number of hydrogen-bond acceptors (Lipinski definition) is 3. The highest BCUT2D eigenvalue weighted by Crippen LogP contribution is 2.14. The fraction of sp³-hybridized carbons (Fsp3) is 0.923. The molecule has 0 aromatic rings. The Morgan fingerprint density at radius 1 is 1.24 bits per heavy atom. The van der Waals surface area contributed by atoms with E-state index in [2.05, 4.69) is 19.2 Å². The Morgan fingerprint density at radius 2 is 1.71 bits per heavy atom. The molecule has 0 aromatic heterocycles. The van der Waals surface area contributed by atoms with Crippen LogP contribution < -0.4 is 5.32 Å². The molecule has 2 atom stereocenters. The molecule has 1 aliphatic heterocycles. The molecule has 0 unspecified atom stereocenters. The summed E-state index contributed by atoms with van der Waals surface area (Å²) in [4.78, 5) is 13.9. The lowest BCUT2D eigenvalue weighted by Crippen LogP contribution is -2.58. The Labute approximate surface area is 105 Å². The fourth-order valence-electron chi connectivity index (χ4n) is 2.01. The molecule has 4 heteroatoms. The van der Waals surface area contributed by atoms with E-state index in [1.807, 2.05) is 25.7 Å². The third kappa shape index (κ3) is 4.54. The molecule has 1 saturated heterocycles. The summed E-state index contributed by atoms with van der Waals surface area (Å²) in [7, 11) is 0. The van der Waals surface area contributed by atoms with E-state index in [0.717, 1.165) is 25.9 Å². The van der Waals surface area contributed by atoms with E-state index in [9.17, 15) is 4.79 Å². The first-order valence-corrected chi connectivity index (χ1v) is 6.59. The van der Waals surface area contributed by atoms with Crippen molar-refractivity contribution >= 4 is 6.09 Å². The average molecular weight is 242 g/mol. The Hall–Kier alpha value is -0.770. The molecule has 1 heterocycles. The lowest BCUT2D eigenvalue weighted by Gasteiger charge is -2.39. The summed E-state index contributed by atoms with van der Waals surface area (Å²) < 4.78 is 5.42. The first-order chi connectivity index (χ1) is 7.85. The Morgan fingerprint density at radius 3 is 2.06 bits per heavy atom. The molecule has 0 spiro atoms. The number of nitrogens with zero attached hydrogens (tertiary/aromatic N) is 1. The van der Waals surface area contributed by atoms with Gasteiger partial charge < -0.3 is 15.0 Å². The second kappa shape index (κ2) is 5.71. The van der Waals surface area contributed by atoms with Gasteiger partial charge in [0.05, 0.1) is 0 Å². The summed E-state index contributed by atoms with van der Waals surface area (Å²) in [6.07, 6.45) is 1.89. The molecule has 4 nitrogen and oxygen atoms in total. The van der Waals surface area contributed by atoms with E-state index < -0.39 is 5.60 Å². The zero-order valence-corrected chi connectivity index (χ0v) is 11.7. The Bertz CT molecular complexity index is 249. The minimum Gasteiger partial charge on any atom is -0.444 e. The van der Waals surface area contributed by atoms with Gasteiger partial charge >= 0.3 is 6.09 Å². The van der Waals surface area contributed by atoms with Crippen LogP contribution in [0.1, 0.15) is 47.5 Å². The van der Waals surface area contributed by atoms with E-state index in [0.29, 0.717) is 12.1 Å². The molecule has 0 aromatic carbocycles. The van der Waals surface area contributed by atoms with Gasteiger partial charge in [-0.3, -0.25) is 0 Å². The highest BCUT2D eigenvalue weighted by atomic mass is 16.6. The second-order valence-electron chi connectivity index (χ2n) is 5.76. The standard InChI is InChI=1S/C13H26N2O2/c1-6-10-8-15(9-11(7-2)14-10)12(16)17-13(3,4)5/h10-11,14H,6-9H2,1-5H3/t10-,11-/m0/s1. The first-order valence-electron chi connectivity index (χ1n) is 6.59. The molecule has 1 fully saturated rings. The number of carbonyl (C=O) groups excluding carboxylic acids is 1. The van der Waals surface area contributed by atoms with E-state index >= 15 is 0 Å². The largest absolute Gasteiger partial charge is 0.444 e. The smallest absolute Gasteiger partial charge is 0.410 e. The van der Waals surface area contributed by atoms with Gasteiger partial charge in [-0.2, -0.15) is 0 Å². The molecule has 1 rings (SSSR count). The lowest BCUT2D eigenvalue weighted by molar-refractivity contribution is 0.0149. The molecule has 0 aliphatic carbocycles. The highest BCUT2D eigenvalue weighted by molar-refractivity contribution is 5.68. The average Bonchev–Trinajstić information content (AvgIpc) is 2.26. The van der Waals surface area contributed by atoms with Crippen molar-refractivity contribution in [1.82, 2.24) is 10.2 Å². The van der Waals surface area contributed by atoms with Gasteiger partial charge in [0.15, 0.2) is 0 Å². The molecule has 0 radical (unpaired) electrons. The fourth-order valence-corrected chi connectivity index (χ4v) is 2.01. The predicted octanol–water partition coefficient (Wildman–Crippen LogP) is 2.38. The maximum Gasteiger partial charge on any atom is 0.410 e. The van der Waals surface area contributed by atoms with Crippen molar-refractivity contribution < 1.29 is 9.53 Å². The van der Waals surface area contributed by atoms with Crippen molar-refractivity contribution in [3.63, 3.8) is 0 Å². The van der Waals surface area contributed by atoms with E-state index in [1.54, 1.807) is 0 Å². The van der Waals surface area contributed by atoms with Crippen molar-refractivity contribution in [2.45, 2.75) is 65.1 Å². The number of ether oxygens (including phenoxy) is 1. The normalized spacial score (nSPS) is 25.8. The van der Waals surface area contributed by atoms with Gasteiger partial charge in [0.25, 0.3) is 0 Å². The number of rotatable bonds is 2. The molecule has 0 bridgehead atoms. The first kappa shape index (κ1) is 14.3. The summed E-state index contributed by atoms with van der Waals surface area (Å²) in [6.45, 7) is 11.5. The molecular formula is C13H26N2O2. The van der Waals surface area contributed by atoms with Gasteiger partial charge in [-0.05, 0) is 33.6 Å². The maximum atomic E-state index is 12.0. The minimum atomic E-state index is -0.411. The summed E-state index contributed by atoms with van der Waals surface area (Å²) in [6, 6.07) is 0.780. The zero-order valence-electron chi connectivity index (χ0n) is 11.7. The predicted molar refractivity (Wildman–Crippen MR) is 69.1 cm³/mol. The van der Waals surface area contributed by atoms with Crippen LogP contribution >= 0.6 is 0 Å². The molecule has 1 amide bonds. The van der Waals surface area contributed by atoms with Gasteiger partial charge in [0.1, 0.15) is 5.60 Å². The summed E-state index contributed by atoms with van der Waals surface area (Å²) in [5.41, 5.74) is -0.411. The molecule has 0 saturated carbocycles. The molecule has 17 heavy (non-hydrogen) atoms. The minimum absolute atomic E-state index is 0.184. The summed E-state index contributed by atoms with van der Waals surface area (Å²) in [5.74, 6) is 0. The number of carbonyl (C=O) groups is 1. The van der Waals surface area contributed by atoms with Crippen molar-refractivity contribution in [3.05, 3.63) is 0 Å². The Kier molecular flexibility index (Phi) is 4.80. The molecule has 1 N–H and O–H groups in total. The van der Waals surface area contributed by atoms with Crippen LogP contribution in [0.2, 0.25) is 0 Å². The Balaban J connectivity index is 2.59. The number of amides is 1. The SMILES string of the molecule is CC[C@H]1CN(C(=O)OC(C)(C)C)C[C@H](CC)N1. The van der Waals surface area contributed by atoms with Crippen LogP contribution in [-0.4, -0.2) is 41.8 Å². The lowest BCUT2D eigenvalue weighted by atomic mass is 10.1. The van der Waals surface area contributed by atoms with Gasteiger partial charge in [-0.1, -0.05) is 13.8 Å². The van der Waals surface area contributed by atoms with Crippen molar-refractivity contribution in [3.8, 4) is 0 Å². The van der Waals surface area contributed by atoms with Crippen molar-refractivity contribution in [1.29, 1.82) is 0 Å². The third-order valence-corrected chi connectivity index (χ3v) is 2.99. The number of nitrogens with one attached hydrogen (secondary N) is 1. The van der Waals surface area contributed by atoms with Gasteiger partial charge in [-0.15, -0.1) is 0 Å². The van der Waals surface area contributed by atoms with Crippen LogP contribution in [0.3, 0.4) is 0 Å². The van der Waals surface area contributed by atoms with Gasteiger partial charge in [-0.25, -0.2) is 4.79 Å². The quantitative estimate of drug-likeness (QED) is 0.808. The zero-order chi connectivity index (χ0) is 13.1. The van der Waals surface area contributed by atoms with Crippen LogP contribution in [0.5, 0.6) is 0 Å². The highest BCUT2D eigenvalue weighted by Gasteiger charge is 2.30. The summed E-state index contributed by atoms with van der Waals surface area (Å²) in [5, 5.41) is 3.55. The van der Waals surface area contributed by atoms with Crippen LogP contribution in [0.15, 0.2) is 0 Å². The molecule has 1 aliphatic rings. The van der Waals surface area contributed by atoms with Gasteiger partial charge in [0, 0.05) is 25.2 Å². The van der Waals surface area contributed by atoms with E-state index in [1.165, 1.54) is 0 Å². The third-order valence-electron chi connectivity index (χ3n) is 2.99.